The summed E-state index contributed by atoms with van der Waals surface area (Å²) in [6, 6.07) is 12.3. The summed E-state index contributed by atoms with van der Waals surface area (Å²) < 4.78 is 29.8. The molecule has 0 N–H and O–H groups in total. The van der Waals surface area contributed by atoms with E-state index in [9.17, 15) is 14.0 Å². The molecule has 0 aliphatic heterocycles. The number of fused-ring (bicyclic) bond motifs is 2. The molecule has 4 rings (SSSR count). The van der Waals surface area contributed by atoms with E-state index in [1.165, 1.54) is 36.6 Å². The minimum Gasteiger partial charge on any atom is -0.497 e. The Balaban J connectivity index is 1.60. The van der Waals surface area contributed by atoms with Crippen molar-refractivity contribution < 1.29 is 23.1 Å². The lowest BCUT2D eigenvalue weighted by atomic mass is 10.1. The molecule has 2 aromatic heterocycles. The van der Waals surface area contributed by atoms with Crippen LogP contribution in [0.5, 0.6) is 5.75 Å². The third-order valence-electron chi connectivity index (χ3n) is 4.08. The molecular formula is C20H13FO5S. The third kappa shape index (κ3) is 3.41. The normalized spacial score (nSPS) is 11.0. The van der Waals surface area contributed by atoms with Gasteiger partial charge in [0.25, 0.3) is 0 Å². The number of ether oxygens (including phenoxy) is 2. The van der Waals surface area contributed by atoms with Crippen molar-refractivity contribution in [3.05, 3.63) is 75.2 Å². The zero-order valence-electron chi connectivity index (χ0n) is 14.2. The van der Waals surface area contributed by atoms with Crippen LogP contribution < -0.4 is 10.4 Å². The number of hydrogen-bond acceptors (Lipinski definition) is 6. The molecule has 0 fully saturated rings. The molecule has 0 radical (unpaired) electrons. The van der Waals surface area contributed by atoms with Gasteiger partial charge in [0.2, 0.25) is 0 Å². The summed E-state index contributed by atoms with van der Waals surface area (Å²) in [5.74, 6) is -0.345. The summed E-state index contributed by atoms with van der Waals surface area (Å²) in [6.07, 6.45) is 0. The van der Waals surface area contributed by atoms with Gasteiger partial charge in [-0.2, -0.15) is 0 Å². The second-order valence-corrected chi connectivity index (χ2v) is 6.91. The molecule has 2 heterocycles. The van der Waals surface area contributed by atoms with E-state index in [0.29, 0.717) is 32.5 Å². The fourth-order valence-corrected chi connectivity index (χ4v) is 3.72. The van der Waals surface area contributed by atoms with Crippen LogP contribution in [0.4, 0.5) is 4.39 Å². The van der Waals surface area contributed by atoms with Gasteiger partial charge in [-0.3, -0.25) is 0 Å². The van der Waals surface area contributed by atoms with Crippen molar-refractivity contribution in [3.63, 3.8) is 0 Å². The Morgan fingerprint density at radius 1 is 1.15 bits per heavy atom. The van der Waals surface area contributed by atoms with Crippen LogP contribution in [-0.2, 0) is 11.3 Å². The predicted octanol–water partition coefficient (Wildman–Crippen LogP) is 4.51. The van der Waals surface area contributed by atoms with Gasteiger partial charge in [-0.25, -0.2) is 14.0 Å². The molecule has 27 heavy (non-hydrogen) atoms. The van der Waals surface area contributed by atoms with Gasteiger partial charge in [-0.05, 0) is 41.8 Å². The highest BCUT2D eigenvalue weighted by molar-refractivity contribution is 7.20. The number of benzene rings is 2. The Morgan fingerprint density at radius 2 is 2.00 bits per heavy atom. The summed E-state index contributed by atoms with van der Waals surface area (Å²) in [7, 11) is 1.52. The molecule has 0 aliphatic rings. The van der Waals surface area contributed by atoms with Gasteiger partial charge in [-0.15, -0.1) is 11.3 Å². The van der Waals surface area contributed by atoms with Crippen LogP contribution in [0.3, 0.4) is 0 Å². The van der Waals surface area contributed by atoms with Crippen molar-refractivity contribution in [2.75, 3.05) is 7.11 Å². The van der Waals surface area contributed by atoms with Crippen LogP contribution in [0.1, 0.15) is 15.2 Å². The van der Waals surface area contributed by atoms with E-state index in [0.717, 1.165) is 4.70 Å². The SMILES string of the molecule is COc1ccc2c(COC(=O)c3cc4cc(F)ccc4s3)cc(=O)oc2c1. The fraction of sp³-hybridized carbons (Fsp3) is 0.100. The summed E-state index contributed by atoms with van der Waals surface area (Å²) in [5, 5.41) is 1.30. The topological polar surface area (TPSA) is 65.7 Å². The second kappa shape index (κ2) is 6.85. The van der Waals surface area contributed by atoms with Gasteiger partial charge in [0, 0.05) is 27.8 Å². The lowest BCUT2D eigenvalue weighted by Crippen LogP contribution is -2.06. The van der Waals surface area contributed by atoms with Gasteiger partial charge < -0.3 is 13.9 Å². The molecule has 0 atom stereocenters. The summed E-state index contributed by atoms with van der Waals surface area (Å²) in [4.78, 5) is 24.5. The van der Waals surface area contributed by atoms with Gasteiger partial charge in [0.15, 0.2) is 0 Å². The maximum atomic E-state index is 13.3. The number of carbonyl (C=O) groups excluding carboxylic acids is 1. The Labute approximate surface area is 156 Å². The monoisotopic (exact) mass is 384 g/mol. The van der Waals surface area contributed by atoms with E-state index in [2.05, 4.69) is 0 Å². The minimum absolute atomic E-state index is 0.0874. The Hall–Kier alpha value is -3.19. The van der Waals surface area contributed by atoms with Crippen LogP contribution >= 0.6 is 11.3 Å². The van der Waals surface area contributed by atoms with E-state index < -0.39 is 11.6 Å². The molecule has 0 unspecified atom stereocenters. The van der Waals surface area contributed by atoms with E-state index >= 15 is 0 Å². The largest absolute Gasteiger partial charge is 0.497 e. The second-order valence-electron chi connectivity index (χ2n) is 5.82. The molecule has 7 heteroatoms. The number of esters is 1. The number of carbonyl (C=O) groups is 1. The highest BCUT2D eigenvalue weighted by atomic mass is 32.1. The van der Waals surface area contributed by atoms with Crippen molar-refractivity contribution in [1.29, 1.82) is 0 Å². The van der Waals surface area contributed by atoms with E-state index in [1.54, 1.807) is 30.3 Å². The average Bonchev–Trinajstić information content (AvgIpc) is 3.08. The summed E-state index contributed by atoms with van der Waals surface area (Å²) in [5.41, 5.74) is 0.341. The first-order valence-corrected chi connectivity index (χ1v) is 8.82. The van der Waals surface area contributed by atoms with Gasteiger partial charge in [0.1, 0.15) is 28.6 Å². The zero-order chi connectivity index (χ0) is 19.0. The maximum absolute atomic E-state index is 13.3. The van der Waals surface area contributed by atoms with Gasteiger partial charge in [0.05, 0.1) is 7.11 Å². The fourth-order valence-electron chi connectivity index (χ4n) is 2.79. The summed E-state index contributed by atoms with van der Waals surface area (Å²) in [6.45, 7) is -0.0874. The molecule has 4 aromatic rings. The Morgan fingerprint density at radius 3 is 2.81 bits per heavy atom. The quantitative estimate of drug-likeness (QED) is 0.383. The number of methoxy groups -OCH3 is 1. The van der Waals surface area contributed by atoms with Crippen LogP contribution in [0.15, 0.2) is 57.7 Å². The van der Waals surface area contributed by atoms with Crippen molar-refractivity contribution >= 4 is 38.4 Å². The number of thiophene rings is 1. The van der Waals surface area contributed by atoms with E-state index in [4.69, 9.17) is 13.9 Å². The first-order valence-electron chi connectivity index (χ1n) is 8.00. The highest BCUT2D eigenvalue weighted by Crippen LogP contribution is 2.28. The average molecular weight is 384 g/mol. The smallest absolute Gasteiger partial charge is 0.348 e. The molecular weight excluding hydrogens is 371 g/mol. The lowest BCUT2D eigenvalue weighted by Gasteiger charge is -2.07. The highest BCUT2D eigenvalue weighted by Gasteiger charge is 2.14. The third-order valence-corrected chi connectivity index (χ3v) is 5.17. The molecule has 0 saturated carbocycles. The zero-order valence-corrected chi connectivity index (χ0v) is 15.0. The van der Waals surface area contributed by atoms with E-state index in [1.807, 2.05) is 0 Å². The molecule has 0 saturated heterocycles. The van der Waals surface area contributed by atoms with Crippen LogP contribution in [-0.4, -0.2) is 13.1 Å². The molecule has 0 bridgehead atoms. The molecule has 5 nitrogen and oxygen atoms in total. The predicted molar refractivity (Wildman–Crippen MR) is 99.9 cm³/mol. The van der Waals surface area contributed by atoms with Gasteiger partial charge >= 0.3 is 11.6 Å². The molecule has 0 spiro atoms. The van der Waals surface area contributed by atoms with E-state index in [-0.39, 0.29) is 12.4 Å². The first kappa shape index (κ1) is 17.2. The number of halogens is 1. The van der Waals surface area contributed by atoms with Crippen molar-refractivity contribution in [2.45, 2.75) is 6.61 Å². The van der Waals surface area contributed by atoms with Crippen molar-refractivity contribution in [2.24, 2.45) is 0 Å². The number of rotatable bonds is 4. The minimum atomic E-state index is -0.542. The lowest BCUT2D eigenvalue weighted by molar-refractivity contribution is 0.0479. The maximum Gasteiger partial charge on any atom is 0.348 e. The molecule has 0 aliphatic carbocycles. The molecule has 2 aromatic carbocycles. The van der Waals surface area contributed by atoms with Crippen LogP contribution in [0.25, 0.3) is 21.1 Å². The summed E-state index contributed by atoms with van der Waals surface area (Å²) >= 11 is 1.22. The van der Waals surface area contributed by atoms with Crippen LogP contribution in [0, 0.1) is 5.82 Å². The van der Waals surface area contributed by atoms with Crippen molar-refractivity contribution in [3.8, 4) is 5.75 Å². The number of hydrogen-bond donors (Lipinski definition) is 0. The standard InChI is InChI=1S/C20H13FO5S/c1-24-14-3-4-15-12(8-19(22)26-16(15)9-14)10-25-20(23)18-7-11-6-13(21)2-5-17(11)27-18/h2-9H,10H2,1H3. The van der Waals surface area contributed by atoms with Gasteiger partial charge in [-0.1, -0.05) is 0 Å². The molecule has 136 valence electrons. The van der Waals surface area contributed by atoms with Crippen molar-refractivity contribution in [1.82, 2.24) is 0 Å². The van der Waals surface area contributed by atoms with Crippen LogP contribution in [0.2, 0.25) is 0 Å². The Bertz CT molecular complexity index is 1220. The molecule has 0 amide bonds. The Kier molecular flexibility index (Phi) is 4.37. The first-order chi connectivity index (χ1) is 13.0.